The minimum absolute atomic E-state index is 0.0203. The van der Waals surface area contributed by atoms with Crippen molar-refractivity contribution in [3.05, 3.63) is 54.1 Å². The molecule has 120 valence electrons. The Morgan fingerprint density at radius 2 is 1.83 bits per heavy atom. The van der Waals surface area contributed by atoms with Crippen molar-refractivity contribution in [1.82, 2.24) is 10.3 Å². The van der Waals surface area contributed by atoms with Crippen LogP contribution in [0, 0.1) is 12.3 Å². The molecule has 5 N–H and O–H groups in total. The summed E-state index contributed by atoms with van der Waals surface area (Å²) in [4.78, 5) is -0.0203. The van der Waals surface area contributed by atoms with Crippen molar-refractivity contribution in [2.24, 2.45) is 5.73 Å². The van der Waals surface area contributed by atoms with Crippen LogP contribution in [0.1, 0.15) is 5.56 Å². The number of nitrogens with two attached hydrogens (primary N) is 1. The number of quaternary nitrogens is 1. The lowest BCUT2D eigenvalue weighted by atomic mass is 10.2. The number of nitrogens with zero attached hydrogens (tertiary/aromatic N) is 1. The van der Waals surface area contributed by atoms with Crippen LogP contribution in [0.4, 0.5) is 11.4 Å². The Balaban J connectivity index is 2.05. The van der Waals surface area contributed by atoms with Gasteiger partial charge < -0.3 is 5.73 Å². The number of nitrogens with one attached hydrogen (secondary N) is 3. The third-order valence-electron chi connectivity index (χ3n) is 3.45. The van der Waals surface area contributed by atoms with Gasteiger partial charge in [-0.2, -0.15) is 8.42 Å². The van der Waals surface area contributed by atoms with Gasteiger partial charge in [-0.05, 0) is 34.9 Å². The van der Waals surface area contributed by atoms with Crippen LogP contribution in [0.25, 0.3) is 0 Å². The van der Waals surface area contributed by atoms with Crippen molar-refractivity contribution < 1.29 is 12.7 Å². The van der Waals surface area contributed by atoms with E-state index in [2.05, 4.69) is 11.0 Å². The summed E-state index contributed by atoms with van der Waals surface area (Å²) in [5.41, 5.74) is 12.9. The highest BCUT2D eigenvalue weighted by Gasteiger charge is 2.50. The number of hydrogen-bond acceptors (Lipinski definition) is 6. The molecule has 9 heteroatoms. The number of fused-ring (bicyclic) bond motifs is 1. The van der Waals surface area contributed by atoms with E-state index in [1.54, 1.807) is 36.4 Å². The summed E-state index contributed by atoms with van der Waals surface area (Å²) in [6, 6.07) is 13.0. The molecule has 0 saturated heterocycles. The standard InChI is InChI=1S/C14H16N5O3S/c1-10-6-8-11(9-7-10)23(20,21)22-19(14(15)16)13-5-3-2-4-12(13)17-18-19/h2-9,17-18H,1H3,(H3,15,16)/q+1. The van der Waals surface area contributed by atoms with Crippen LogP contribution in [0.15, 0.2) is 53.4 Å². The van der Waals surface area contributed by atoms with Crippen LogP contribution in [0.2, 0.25) is 0 Å². The third-order valence-corrected chi connectivity index (χ3v) is 4.72. The first-order valence-electron chi connectivity index (χ1n) is 6.74. The Bertz CT molecular complexity index is 866. The molecule has 0 aliphatic carbocycles. The van der Waals surface area contributed by atoms with Gasteiger partial charge >= 0.3 is 16.1 Å². The molecule has 1 aliphatic heterocycles. The van der Waals surface area contributed by atoms with Crippen molar-refractivity contribution in [2.75, 3.05) is 5.43 Å². The lowest BCUT2D eigenvalue weighted by molar-refractivity contribution is -0.000588. The minimum Gasteiger partial charge on any atom is -0.333 e. The molecular weight excluding hydrogens is 318 g/mol. The molecule has 1 aliphatic rings. The van der Waals surface area contributed by atoms with E-state index in [-0.39, 0.29) is 4.90 Å². The van der Waals surface area contributed by atoms with E-state index in [4.69, 9.17) is 15.4 Å². The molecule has 0 bridgehead atoms. The number of hydrazine groups is 1. The van der Waals surface area contributed by atoms with Crippen molar-refractivity contribution in [3.63, 3.8) is 0 Å². The van der Waals surface area contributed by atoms with Crippen molar-refractivity contribution in [2.45, 2.75) is 11.8 Å². The molecule has 2 aromatic carbocycles. The van der Waals surface area contributed by atoms with E-state index in [0.29, 0.717) is 11.4 Å². The first kappa shape index (κ1) is 15.4. The fourth-order valence-corrected chi connectivity index (χ4v) is 3.28. The second kappa shape index (κ2) is 5.32. The highest BCUT2D eigenvalue weighted by atomic mass is 32.2. The summed E-state index contributed by atoms with van der Waals surface area (Å²) >= 11 is 0. The summed E-state index contributed by atoms with van der Waals surface area (Å²) < 4.78 is 29.4. The maximum absolute atomic E-state index is 12.6. The first-order valence-corrected chi connectivity index (χ1v) is 8.15. The van der Waals surface area contributed by atoms with Crippen LogP contribution in [0.3, 0.4) is 0 Å². The molecule has 1 atom stereocenters. The Kier molecular flexibility index (Phi) is 3.57. The molecule has 0 spiro atoms. The summed E-state index contributed by atoms with van der Waals surface area (Å²) in [7, 11) is -4.16. The topological polar surface area (TPSA) is 117 Å². The van der Waals surface area contributed by atoms with Crippen LogP contribution in [-0.4, -0.2) is 14.4 Å². The normalized spacial score (nSPS) is 19.9. The third kappa shape index (κ3) is 2.55. The van der Waals surface area contributed by atoms with E-state index < -0.39 is 20.8 Å². The predicted octanol–water partition coefficient (Wildman–Crippen LogP) is 1.36. The van der Waals surface area contributed by atoms with E-state index in [1.165, 1.54) is 12.1 Å². The Morgan fingerprint density at radius 1 is 1.17 bits per heavy atom. The quantitative estimate of drug-likeness (QED) is 0.382. The molecule has 0 aromatic heterocycles. The summed E-state index contributed by atoms with van der Waals surface area (Å²) in [6.07, 6.45) is 0. The number of guanidine groups is 1. The fourth-order valence-electron chi connectivity index (χ4n) is 2.24. The number of benzene rings is 2. The van der Waals surface area contributed by atoms with Gasteiger partial charge in [0.15, 0.2) is 0 Å². The van der Waals surface area contributed by atoms with Crippen molar-refractivity contribution in [3.8, 4) is 0 Å². The number of para-hydroxylation sites is 2. The highest BCUT2D eigenvalue weighted by molar-refractivity contribution is 7.86. The lowest BCUT2D eigenvalue weighted by Gasteiger charge is -2.24. The average Bonchev–Trinajstić information content (AvgIpc) is 2.88. The molecular formula is C14H16N5O3S+. The SMILES string of the molecule is Cc1ccc(S(=O)(=O)O[N+]2(C(=N)N)NNc3ccccc32)cc1. The molecule has 2 aromatic rings. The van der Waals surface area contributed by atoms with Gasteiger partial charge in [-0.25, -0.2) is 5.41 Å². The second-order valence-electron chi connectivity index (χ2n) is 5.09. The van der Waals surface area contributed by atoms with Gasteiger partial charge in [0.1, 0.15) is 5.69 Å². The van der Waals surface area contributed by atoms with E-state index >= 15 is 0 Å². The Morgan fingerprint density at radius 3 is 2.48 bits per heavy atom. The Hall–Kier alpha value is -2.46. The van der Waals surface area contributed by atoms with Gasteiger partial charge in [0.05, 0.1) is 4.90 Å². The zero-order valence-corrected chi connectivity index (χ0v) is 13.1. The van der Waals surface area contributed by atoms with Gasteiger partial charge in [-0.15, -0.1) is 0 Å². The zero-order valence-electron chi connectivity index (χ0n) is 12.3. The average molecular weight is 334 g/mol. The maximum Gasteiger partial charge on any atom is 0.354 e. The predicted molar refractivity (Wildman–Crippen MR) is 86.4 cm³/mol. The summed E-state index contributed by atoms with van der Waals surface area (Å²) in [5.74, 6) is -0.530. The smallest absolute Gasteiger partial charge is 0.333 e. The monoisotopic (exact) mass is 334 g/mol. The summed E-state index contributed by atoms with van der Waals surface area (Å²) in [6.45, 7) is 1.85. The molecule has 0 radical (unpaired) electrons. The van der Waals surface area contributed by atoms with E-state index in [1.807, 2.05) is 6.92 Å². The van der Waals surface area contributed by atoms with Gasteiger partial charge in [-0.1, -0.05) is 29.8 Å². The van der Waals surface area contributed by atoms with Gasteiger partial charge in [0.25, 0.3) is 0 Å². The number of hydrogen-bond donors (Lipinski definition) is 4. The minimum atomic E-state index is -4.16. The van der Waals surface area contributed by atoms with Crippen LogP contribution < -0.4 is 21.4 Å². The van der Waals surface area contributed by atoms with Gasteiger partial charge in [0, 0.05) is 10.8 Å². The van der Waals surface area contributed by atoms with Crippen LogP contribution >= 0.6 is 0 Å². The zero-order chi connectivity index (χ0) is 16.7. The second-order valence-corrected chi connectivity index (χ2v) is 6.62. The van der Waals surface area contributed by atoms with E-state index in [9.17, 15) is 8.42 Å². The maximum atomic E-state index is 12.6. The molecule has 23 heavy (non-hydrogen) atoms. The largest absolute Gasteiger partial charge is 0.354 e. The molecule has 8 nitrogen and oxygen atoms in total. The van der Waals surface area contributed by atoms with Crippen LogP contribution in [-0.2, 0) is 14.4 Å². The highest BCUT2D eigenvalue weighted by Crippen LogP contribution is 2.36. The molecule has 0 fully saturated rings. The number of aryl methyl sites for hydroxylation is 1. The number of anilines is 1. The Labute approximate surface area is 133 Å². The fraction of sp³-hybridized carbons (Fsp3) is 0.0714. The van der Waals surface area contributed by atoms with Crippen LogP contribution in [0.5, 0.6) is 0 Å². The van der Waals surface area contributed by atoms with Crippen molar-refractivity contribution >= 4 is 27.5 Å². The molecule has 3 rings (SSSR count). The number of rotatable bonds is 3. The molecule has 1 heterocycles. The molecule has 0 saturated carbocycles. The van der Waals surface area contributed by atoms with Gasteiger partial charge in [0.2, 0.25) is 5.69 Å². The lowest BCUT2D eigenvalue weighted by Crippen LogP contribution is -2.65. The first-order chi connectivity index (χ1) is 10.8. The van der Waals surface area contributed by atoms with E-state index in [0.717, 1.165) is 5.56 Å². The number of hydroxylamine groups is 1. The molecule has 0 amide bonds. The summed E-state index contributed by atoms with van der Waals surface area (Å²) in [5, 5.41) is 7.81. The van der Waals surface area contributed by atoms with Crippen molar-refractivity contribution in [1.29, 1.82) is 5.41 Å². The molecule has 1 unspecified atom stereocenters. The van der Waals surface area contributed by atoms with Gasteiger partial charge in [-0.3, -0.25) is 5.43 Å².